The van der Waals surface area contributed by atoms with E-state index in [9.17, 15) is 4.79 Å². The van der Waals surface area contributed by atoms with Crippen LogP contribution in [0.25, 0.3) is 0 Å². The molecule has 98 valence electrons. The third kappa shape index (κ3) is 3.47. The lowest BCUT2D eigenvalue weighted by molar-refractivity contribution is -0.114. The number of hydrogen-bond donors (Lipinski definition) is 2. The van der Waals surface area contributed by atoms with Gasteiger partial charge in [-0.1, -0.05) is 0 Å². The summed E-state index contributed by atoms with van der Waals surface area (Å²) in [5.74, 6) is -0.0387. The molecule has 18 heavy (non-hydrogen) atoms. The smallest absolute Gasteiger partial charge is 0.221 e. The Bertz CT molecular complexity index is 426. The zero-order valence-corrected chi connectivity index (χ0v) is 11.0. The summed E-state index contributed by atoms with van der Waals surface area (Å²) in [4.78, 5) is 11.0. The molecule has 2 rings (SSSR count). The second-order valence-corrected chi connectivity index (χ2v) is 4.74. The molecule has 1 amide bonds. The molecule has 0 saturated carbocycles. The fourth-order valence-corrected chi connectivity index (χ4v) is 2.16. The van der Waals surface area contributed by atoms with E-state index < -0.39 is 0 Å². The number of anilines is 2. The minimum atomic E-state index is -0.0387. The third-order valence-corrected chi connectivity index (χ3v) is 3.13. The molecule has 1 saturated heterocycles. The maximum atomic E-state index is 11.0. The number of amides is 1. The van der Waals surface area contributed by atoms with Crippen molar-refractivity contribution in [3.05, 3.63) is 23.8 Å². The summed E-state index contributed by atoms with van der Waals surface area (Å²) in [5, 5.41) is 6.33. The van der Waals surface area contributed by atoms with Crippen molar-refractivity contribution >= 4 is 17.3 Å². The van der Waals surface area contributed by atoms with Crippen LogP contribution < -0.4 is 10.6 Å². The molecule has 1 fully saturated rings. The van der Waals surface area contributed by atoms with Gasteiger partial charge in [-0.25, -0.2) is 0 Å². The Hall–Kier alpha value is -1.55. The Morgan fingerprint density at radius 1 is 1.33 bits per heavy atom. The van der Waals surface area contributed by atoms with Crippen molar-refractivity contribution in [1.29, 1.82) is 0 Å². The van der Waals surface area contributed by atoms with Crippen LogP contribution in [0.15, 0.2) is 18.2 Å². The minimum Gasteiger partial charge on any atom is -0.382 e. The van der Waals surface area contributed by atoms with Crippen LogP contribution in [-0.4, -0.2) is 25.2 Å². The lowest BCUT2D eigenvalue weighted by Crippen LogP contribution is -2.27. The fraction of sp³-hybridized carbons (Fsp3) is 0.500. The molecule has 2 N–H and O–H groups in total. The van der Waals surface area contributed by atoms with Crippen LogP contribution >= 0.6 is 0 Å². The highest BCUT2D eigenvalue weighted by Crippen LogP contribution is 2.21. The van der Waals surface area contributed by atoms with Gasteiger partial charge in [0, 0.05) is 37.6 Å². The predicted molar refractivity (Wildman–Crippen MR) is 72.9 cm³/mol. The fourth-order valence-electron chi connectivity index (χ4n) is 2.16. The molecule has 0 unspecified atom stereocenters. The van der Waals surface area contributed by atoms with Crippen molar-refractivity contribution in [2.75, 3.05) is 23.8 Å². The summed E-state index contributed by atoms with van der Waals surface area (Å²) >= 11 is 0. The van der Waals surface area contributed by atoms with Gasteiger partial charge >= 0.3 is 0 Å². The summed E-state index contributed by atoms with van der Waals surface area (Å²) in [6, 6.07) is 6.51. The molecule has 0 spiro atoms. The second kappa shape index (κ2) is 5.87. The van der Waals surface area contributed by atoms with Crippen molar-refractivity contribution in [2.24, 2.45) is 0 Å². The highest BCUT2D eigenvalue weighted by Gasteiger charge is 2.13. The first-order chi connectivity index (χ1) is 8.65. The molecule has 0 radical (unpaired) electrons. The van der Waals surface area contributed by atoms with Gasteiger partial charge in [0.1, 0.15) is 0 Å². The molecule has 0 aliphatic carbocycles. The Kier molecular flexibility index (Phi) is 4.20. The van der Waals surface area contributed by atoms with Gasteiger partial charge in [-0.2, -0.15) is 0 Å². The minimum absolute atomic E-state index is 0.0387. The van der Waals surface area contributed by atoms with E-state index >= 15 is 0 Å². The number of rotatable bonds is 3. The summed E-state index contributed by atoms with van der Waals surface area (Å²) in [7, 11) is 0. The average molecular weight is 248 g/mol. The Labute approximate surface area is 108 Å². The number of hydrogen-bond acceptors (Lipinski definition) is 3. The van der Waals surface area contributed by atoms with Crippen molar-refractivity contribution in [3.63, 3.8) is 0 Å². The predicted octanol–water partition coefficient (Wildman–Crippen LogP) is 2.54. The maximum Gasteiger partial charge on any atom is 0.221 e. The zero-order valence-electron chi connectivity index (χ0n) is 11.0. The van der Waals surface area contributed by atoms with Crippen LogP contribution in [0, 0.1) is 6.92 Å². The lowest BCUT2D eigenvalue weighted by atomic mass is 10.1. The van der Waals surface area contributed by atoms with Gasteiger partial charge in [-0.3, -0.25) is 4.79 Å². The number of ether oxygens (including phenoxy) is 1. The van der Waals surface area contributed by atoms with E-state index in [2.05, 4.69) is 16.7 Å². The molecule has 4 heteroatoms. The van der Waals surface area contributed by atoms with Crippen LogP contribution in [0.5, 0.6) is 0 Å². The molecule has 0 bridgehead atoms. The summed E-state index contributed by atoms with van der Waals surface area (Å²) < 4.78 is 5.34. The second-order valence-electron chi connectivity index (χ2n) is 4.74. The quantitative estimate of drug-likeness (QED) is 0.864. The lowest BCUT2D eigenvalue weighted by Gasteiger charge is -2.24. The van der Waals surface area contributed by atoms with Crippen LogP contribution in [0.4, 0.5) is 11.4 Å². The highest BCUT2D eigenvalue weighted by molar-refractivity contribution is 5.89. The molecule has 1 aliphatic heterocycles. The number of carbonyl (C=O) groups is 1. The zero-order chi connectivity index (χ0) is 13.0. The summed E-state index contributed by atoms with van der Waals surface area (Å²) in [5.41, 5.74) is 3.05. The summed E-state index contributed by atoms with van der Waals surface area (Å²) in [6.45, 7) is 5.19. The average Bonchev–Trinajstić information content (AvgIpc) is 2.33. The first kappa shape index (κ1) is 12.9. The SMILES string of the molecule is CC(=O)Nc1ccc(NC2CCOCC2)cc1C. The normalized spacial score (nSPS) is 16.3. The van der Waals surface area contributed by atoms with Gasteiger partial charge in [0.25, 0.3) is 0 Å². The Morgan fingerprint density at radius 2 is 2.06 bits per heavy atom. The van der Waals surface area contributed by atoms with E-state index in [0.29, 0.717) is 6.04 Å². The van der Waals surface area contributed by atoms with Crippen molar-refractivity contribution < 1.29 is 9.53 Å². The van der Waals surface area contributed by atoms with Crippen LogP contribution in [0.1, 0.15) is 25.3 Å². The molecule has 0 aromatic heterocycles. The van der Waals surface area contributed by atoms with E-state index in [0.717, 1.165) is 43.0 Å². The van der Waals surface area contributed by atoms with Gasteiger partial charge in [0.05, 0.1) is 0 Å². The topological polar surface area (TPSA) is 50.4 Å². The molecule has 0 atom stereocenters. The van der Waals surface area contributed by atoms with Gasteiger partial charge in [0.15, 0.2) is 0 Å². The Morgan fingerprint density at radius 3 is 2.67 bits per heavy atom. The monoisotopic (exact) mass is 248 g/mol. The largest absolute Gasteiger partial charge is 0.382 e. The van der Waals surface area contributed by atoms with E-state index in [1.807, 2.05) is 19.1 Å². The molecule has 4 nitrogen and oxygen atoms in total. The summed E-state index contributed by atoms with van der Waals surface area (Å²) in [6.07, 6.45) is 2.10. The molecule has 1 heterocycles. The third-order valence-electron chi connectivity index (χ3n) is 3.13. The van der Waals surface area contributed by atoms with Crippen molar-refractivity contribution in [2.45, 2.75) is 32.7 Å². The van der Waals surface area contributed by atoms with E-state index in [4.69, 9.17) is 4.74 Å². The molecular formula is C14H20N2O2. The van der Waals surface area contributed by atoms with Crippen LogP contribution in [0.2, 0.25) is 0 Å². The molecule has 1 aromatic carbocycles. The molecule has 1 aliphatic rings. The van der Waals surface area contributed by atoms with Crippen molar-refractivity contribution in [3.8, 4) is 0 Å². The molecule has 1 aromatic rings. The highest BCUT2D eigenvalue weighted by atomic mass is 16.5. The Balaban J connectivity index is 2.01. The first-order valence-corrected chi connectivity index (χ1v) is 6.37. The number of aryl methyl sites for hydroxylation is 1. The maximum absolute atomic E-state index is 11.0. The van der Waals surface area contributed by atoms with E-state index in [1.165, 1.54) is 6.92 Å². The number of carbonyl (C=O) groups excluding carboxylic acids is 1. The number of benzene rings is 1. The van der Waals surface area contributed by atoms with Gasteiger partial charge in [-0.15, -0.1) is 0 Å². The van der Waals surface area contributed by atoms with Crippen LogP contribution in [-0.2, 0) is 9.53 Å². The number of nitrogens with one attached hydrogen (secondary N) is 2. The van der Waals surface area contributed by atoms with Crippen LogP contribution in [0.3, 0.4) is 0 Å². The standard InChI is InChI=1S/C14H20N2O2/c1-10-9-13(3-4-14(10)15-11(2)17)16-12-5-7-18-8-6-12/h3-4,9,12,16H,5-8H2,1-2H3,(H,15,17). The van der Waals surface area contributed by atoms with Gasteiger partial charge in [-0.05, 0) is 43.5 Å². The molecular weight excluding hydrogens is 228 g/mol. The van der Waals surface area contributed by atoms with Crippen molar-refractivity contribution in [1.82, 2.24) is 0 Å². The van der Waals surface area contributed by atoms with E-state index in [-0.39, 0.29) is 5.91 Å². The van der Waals surface area contributed by atoms with Gasteiger partial charge < -0.3 is 15.4 Å². The van der Waals surface area contributed by atoms with Gasteiger partial charge in [0.2, 0.25) is 5.91 Å². The first-order valence-electron chi connectivity index (χ1n) is 6.37. The van der Waals surface area contributed by atoms with E-state index in [1.54, 1.807) is 0 Å².